The molecule has 33 heavy (non-hydrogen) atoms. The molecular formula is C24H25ClN4O3S. The van der Waals surface area contributed by atoms with Gasteiger partial charge in [-0.3, -0.25) is 9.69 Å². The Morgan fingerprint density at radius 1 is 1.21 bits per heavy atom. The van der Waals surface area contributed by atoms with Gasteiger partial charge in [-0.05, 0) is 69.0 Å². The molecule has 0 unspecified atom stereocenters. The fraction of sp³-hybridized carbons (Fsp3) is 0.333. The van der Waals surface area contributed by atoms with Gasteiger partial charge in [0, 0.05) is 22.6 Å². The maximum Gasteiger partial charge on any atom is 0.247 e. The van der Waals surface area contributed by atoms with Gasteiger partial charge in [0.1, 0.15) is 5.75 Å². The largest absolute Gasteiger partial charge is 0.491 e. The van der Waals surface area contributed by atoms with Crippen LogP contribution in [0.3, 0.4) is 0 Å². The highest BCUT2D eigenvalue weighted by Gasteiger charge is 2.35. The molecule has 9 heteroatoms. The first-order chi connectivity index (χ1) is 15.9. The molecule has 1 aromatic heterocycles. The van der Waals surface area contributed by atoms with Gasteiger partial charge in [-0.2, -0.15) is 4.98 Å². The first-order valence-corrected chi connectivity index (χ1v) is 12.4. The van der Waals surface area contributed by atoms with Crippen molar-refractivity contribution in [2.75, 3.05) is 11.2 Å². The van der Waals surface area contributed by atoms with Crippen LogP contribution in [0, 0.1) is 0 Å². The van der Waals surface area contributed by atoms with Crippen LogP contribution in [-0.4, -0.2) is 33.4 Å². The maximum atomic E-state index is 13.4. The Balaban J connectivity index is 1.89. The second kappa shape index (κ2) is 9.97. The molecule has 0 N–H and O–H groups in total. The van der Waals surface area contributed by atoms with Crippen LogP contribution in [0.1, 0.15) is 45.4 Å². The lowest BCUT2D eigenvalue weighted by atomic mass is 10.1. The monoisotopic (exact) mass is 484 g/mol. The molecule has 2 heterocycles. The van der Waals surface area contributed by atoms with E-state index in [2.05, 4.69) is 15.2 Å². The average Bonchev–Trinajstić information content (AvgIpc) is 2.93. The summed E-state index contributed by atoms with van der Waals surface area (Å²) in [6.07, 6.45) is 2.25. The van der Waals surface area contributed by atoms with Crippen LogP contribution in [0.25, 0.3) is 11.3 Å². The molecule has 0 saturated carbocycles. The van der Waals surface area contributed by atoms with Crippen molar-refractivity contribution < 1.29 is 14.3 Å². The summed E-state index contributed by atoms with van der Waals surface area (Å²) in [4.78, 5) is 19.6. The van der Waals surface area contributed by atoms with E-state index >= 15 is 0 Å². The molecule has 1 aliphatic heterocycles. The molecule has 4 rings (SSSR count). The predicted molar refractivity (Wildman–Crippen MR) is 130 cm³/mol. The normalized spacial score (nSPS) is 14.8. The molecule has 1 amide bonds. The third-order valence-corrected chi connectivity index (χ3v) is 5.79. The van der Waals surface area contributed by atoms with Gasteiger partial charge in [-0.1, -0.05) is 30.3 Å². The zero-order chi connectivity index (χ0) is 23.5. The summed E-state index contributed by atoms with van der Waals surface area (Å²) in [5, 5.41) is 9.55. The number of nitrogens with zero attached hydrogens (tertiary/aromatic N) is 4. The van der Waals surface area contributed by atoms with Crippen molar-refractivity contribution in [1.29, 1.82) is 0 Å². The van der Waals surface area contributed by atoms with Crippen LogP contribution in [0.4, 0.5) is 5.69 Å². The van der Waals surface area contributed by atoms with E-state index in [1.54, 1.807) is 17.0 Å². The second-order valence-electron chi connectivity index (χ2n) is 7.83. The Morgan fingerprint density at radius 2 is 1.97 bits per heavy atom. The molecule has 0 saturated heterocycles. The third-order valence-electron chi connectivity index (χ3n) is 5.02. The van der Waals surface area contributed by atoms with Crippen LogP contribution in [0.5, 0.6) is 11.6 Å². The highest BCUT2D eigenvalue weighted by Crippen LogP contribution is 2.44. The molecule has 0 aliphatic carbocycles. The lowest BCUT2D eigenvalue weighted by molar-refractivity contribution is -0.120. The summed E-state index contributed by atoms with van der Waals surface area (Å²) in [6, 6.07) is 12.9. The first kappa shape index (κ1) is 23.3. The molecule has 0 spiro atoms. The zero-order valence-corrected chi connectivity index (χ0v) is 20.5. The number of ether oxygens (including phenoxy) is 2. The summed E-state index contributed by atoms with van der Waals surface area (Å²) in [7, 11) is 0. The van der Waals surface area contributed by atoms with E-state index in [1.807, 2.05) is 57.4 Å². The number of hydrogen-bond acceptors (Lipinski definition) is 7. The summed E-state index contributed by atoms with van der Waals surface area (Å²) >= 11 is 7.69. The van der Waals surface area contributed by atoms with Gasteiger partial charge in [-0.25, -0.2) is 0 Å². The van der Waals surface area contributed by atoms with Gasteiger partial charge >= 0.3 is 0 Å². The number of hydrogen-bond donors (Lipinski definition) is 0. The Morgan fingerprint density at radius 3 is 2.64 bits per heavy atom. The SMILES string of the molecule is CCCC(=O)N1c2ccc(Cl)cc2-c2nnc(SC)nc2O[C@@H]1c1ccc(OC(C)C)cc1. The van der Waals surface area contributed by atoms with Crippen molar-refractivity contribution in [3.8, 4) is 22.9 Å². The highest BCUT2D eigenvalue weighted by atomic mass is 35.5. The van der Waals surface area contributed by atoms with Gasteiger partial charge in [0.25, 0.3) is 0 Å². The minimum atomic E-state index is -0.746. The Hall–Kier alpha value is -2.84. The van der Waals surface area contributed by atoms with Crippen LogP contribution in [0.15, 0.2) is 47.6 Å². The van der Waals surface area contributed by atoms with Gasteiger partial charge in [0.05, 0.1) is 11.8 Å². The number of fused-ring (bicyclic) bond motifs is 3. The maximum absolute atomic E-state index is 13.4. The van der Waals surface area contributed by atoms with E-state index in [0.29, 0.717) is 45.8 Å². The quantitative estimate of drug-likeness (QED) is 0.401. The number of carbonyl (C=O) groups is 1. The van der Waals surface area contributed by atoms with Crippen molar-refractivity contribution in [3.63, 3.8) is 0 Å². The molecular weight excluding hydrogens is 460 g/mol. The molecule has 0 bridgehead atoms. The van der Waals surface area contributed by atoms with E-state index in [4.69, 9.17) is 21.1 Å². The zero-order valence-electron chi connectivity index (χ0n) is 18.9. The van der Waals surface area contributed by atoms with Crippen molar-refractivity contribution in [3.05, 3.63) is 53.1 Å². The van der Waals surface area contributed by atoms with E-state index in [1.165, 1.54) is 11.8 Å². The van der Waals surface area contributed by atoms with Crippen LogP contribution in [-0.2, 0) is 4.79 Å². The number of rotatable bonds is 6. The van der Waals surface area contributed by atoms with E-state index in [0.717, 1.165) is 11.3 Å². The van der Waals surface area contributed by atoms with Crippen LogP contribution < -0.4 is 14.4 Å². The molecule has 0 fully saturated rings. The summed E-state index contributed by atoms with van der Waals surface area (Å²) in [6.45, 7) is 5.92. The lowest BCUT2D eigenvalue weighted by Gasteiger charge is -2.31. The van der Waals surface area contributed by atoms with Crippen molar-refractivity contribution in [1.82, 2.24) is 15.2 Å². The standard InChI is InChI=1S/C24H25ClN4O3S/c1-5-6-20(30)29-19-12-9-16(25)13-18(19)21-22(26-24(33-4)28-27-21)32-23(29)15-7-10-17(11-8-15)31-14(2)3/h7-14,23H,5-6H2,1-4H3/t23-/m1/s1. The Kier molecular flexibility index (Phi) is 7.05. The molecule has 7 nitrogen and oxygen atoms in total. The fourth-order valence-electron chi connectivity index (χ4n) is 3.63. The first-order valence-electron chi connectivity index (χ1n) is 10.7. The smallest absolute Gasteiger partial charge is 0.247 e. The Bertz CT molecular complexity index is 1160. The number of aromatic nitrogens is 3. The number of thioether (sulfide) groups is 1. The topological polar surface area (TPSA) is 77.4 Å². The molecule has 1 aliphatic rings. The average molecular weight is 485 g/mol. The van der Waals surface area contributed by atoms with Crippen LogP contribution >= 0.6 is 23.4 Å². The third kappa shape index (κ3) is 4.91. The molecule has 3 aromatic rings. The Labute approximate surface area is 202 Å². The van der Waals surface area contributed by atoms with Crippen molar-refractivity contribution in [2.24, 2.45) is 0 Å². The van der Waals surface area contributed by atoms with Gasteiger partial charge < -0.3 is 9.47 Å². The number of anilines is 1. The molecule has 1 atom stereocenters. The summed E-state index contributed by atoms with van der Waals surface area (Å²) in [5.41, 5.74) is 2.53. The number of carbonyl (C=O) groups excluding carboxylic acids is 1. The molecule has 172 valence electrons. The minimum absolute atomic E-state index is 0.0591. The summed E-state index contributed by atoms with van der Waals surface area (Å²) < 4.78 is 12.2. The fourth-order valence-corrected chi connectivity index (χ4v) is 4.10. The van der Waals surface area contributed by atoms with Crippen molar-refractivity contribution in [2.45, 2.75) is 51.1 Å². The summed E-state index contributed by atoms with van der Waals surface area (Å²) in [5.74, 6) is 0.978. The van der Waals surface area contributed by atoms with E-state index in [9.17, 15) is 4.79 Å². The van der Waals surface area contributed by atoms with Crippen molar-refractivity contribution >= 4 is 35.0 Å². The highest BCUT2D eigenvalue weighted by molar-refractivity contribution is 7.98. The minimum Gasteiger partial charge on any atom is -0.491 e. The van der Waals surface area contributed by atoms with Gasteiger partial charge in [0.2, 0.25) is 23.2 Å². The van der Waals surface area contributed by atoms with Gasteiger partial charge in [-0.15, -0.1) is 10.2 Å². The number of benzene rings is 2. The number of halogens is 1. The number of amides is 1. The molecule has 0 radical (unpaired) electrons. The van der Waals surface area contributed by atoms with Crippen LogP contribution in [0.2, 0.25) is 5.02 Å². The molecule has 2 aromatic carbocycles. The van der Waals surface area contributed by atoms with E-state index < -0.39 is 6.23 Å². The second-order valence-corrected chi connectivity index (χ2v) is 9.04. The van der Waals surface area contributed by atoms with Gasteiger partial charge in [0.15, 0.2) is 5.69 Å². The lowest BCUT2D eigenvalue weighted by Crippen LogP contribution is -2.37. The van der Waals surface area contributed by atoms with E-state index in [-0.39, 0.29) is 12.0 Å². The predicted octanol–water partition coefficient (Wildman–Crippen LogP) is 5.93.